The van der Waals surface area contributed by atoms with Crippen molar-refractivity contribution < 1.29 is 19.1 Å². The Balaban J connectivity index is 1.80. The Kier molecular flexibility index (Phi) is 11.5. The summed E-state index contributed by atoms with van der Waals surface area (Å²) in [5.41, 5.74) is 1.89. The highest BCUT2D eigenvalue weighted by Gasteiger charge is 2.30. The van der Waals surface area contributed by atoms with E-state index in [4.69, 9.17) is 21.1 Å². The van der Waals surface area contributed by atoms with Crippen LogP contribution in [-0.4, -0.2) is 43.0 Å². The third kappa shape index (κ3) is 9.42. The van der Waals surface area contributed by atoms with Crippen LogP contribution in [0.25, 0.3) is 0 Å². The molecule has 1 N–H and O–H groups in total. The minimum atomic E-state index is -0.660. The molecule has 3 aromatic rings. The Morgan fingerprint density at radius 1 is 0.921 bits per heavy atom. The zero-order chi connectivity index (χ0) is 27.3. The van der Waals surface area contributed by atoms with Crippen molar-refractivity contribution in [2.75, 3.05) is 20.3 Å². The first-order valence-corrected chi connectivity index (χ1v) is 13.4. The molecule has 7 heteroatoms. The molecule has 0 unspecified atom stereocenters. The second-order valence-electron chi connectivity index (χ2n) is 9.62. The summed E-state index contributed by atoms with van der Waals surface area (Å²) in [6.07, 6.45) is 1.18. The molecule has 0 bridgehead atoms. The van der Waals surface area contributed by atoms with Crippen LogP contribution < -0.4 is 14.8 Å². The van der Waals surface area contributed by atoms with Gasteiger partial charge < -0.3 is 19.7 Å². The van der Waals surface area contributed by atoms with Gasteiger partial charge in [0, 0.05) is 31.0 Å². The van der Waals surface area contributed by atoms with E-state index in [2.05, 4.69) is 5.32 Å². The quantitative estimate of drug-likeness (QED) is 0.260. The Morgan fingerprint density at radius 3 is 2.32 bits per heavy atom. The predicted molar refractivity (Wildman–Crippen MR) is 152 cm³/mol. The van der Waals surface area contributed by atoms with Gasteiger partial charge in [-0.2, -0.15) is 0 Å². The molecule has 0 aliphatic heterocycles. The number of hydrogen-bond acceptors (Lipinski definition) is 4. The first-order chi connectivity index (χ1) is 18.4. The van der Waals surface area contributed by atoms with Gasteiger partial charge in [-0.25, -0.2) is 0 Å². The number of benzene rings is 3. The first-order valence-electron chi connectivity index (χ1n) is 13.0. The third-order valence-electron chi connectivity index (χ3n) is 6.06. The molecule has 0 aliphatic rings. The standard InChI is InChI=1S/C31H37ClN2O4/c1-23(2)21-33-31(36)29(20-24-9-5-4-6-10-24)34(22-25-11-7-12-28(19-25)37-3)30(35)13-8-18-38-27-16-14-26(32)15-17-27/h4-7,9-12,14-17,19,23,29H,8,13,18,20-22H2,1-3H3,(H,33,36)/t29-/m1/s1. The summed E-state index contributed by atoms with van der Waals surface area (Å²) in [7, 11) is 1.61. The fourth-order valence-corrected chi connectivity index (χ4v) is 4.16. The molecule has 0 saturated heterocycles. The van der Waals surface area contributed by atoms with Gasteiger partial charge in [0.2, 0.25) is 11.8 Å². The van der Waals surface area contributed by atoms with Gasteiger partial charge in [-0.3, -0.25) is 9.59 Å². The summed E-state index contributed by atoms with van der Waals surface area (Å²) in [6.45, 7) is 5.31. The smallest absolute Gasteiger partial charge is 0.243 e. The lowest BCUT2D eigenvalue weighted by Gasteiger charge is -2.32. The zero-order valence-electron chi connectivity index (χ0n) is 22.4. The maximum absolute atomic E-state index is 13.7. The number of nitrogens with one attached hydrogen (secondary N) is 1. The molecule has 0 saturated carbocycles. The topological polar surface area (TPSA) is 67.9 Å². The van der Waals surface area contributed by atoms with Crippen LogP contribution >= 0.6 is 11.6 Å². The molecule has 0 aromatic heterocycles. The highest BCUT2D eigenvalue weighted by atomic mass is 35.5. The number of ether oxygens (including phenoxy) is 2. The summed E-state index contributed by atoms with van der Waals surface area (Å²) in [4.78, 5) is 28.9. The van der Waals surface area contributed by atoms with Crippen LogP contribution in [0.3, 0.4) is 0 Å². The number of hydrogen-bond donors (Lipinski definition) is 1. The average molecular weight is 537 g/mol. The summed E-state index contributed by atoms with van der Waals surface area (Å²) >= 11 is 5.94. The molecule has 6 nitrogen and oxygen atoms in total. The molecular weight excluding hydrogens is 500 g/mol. The molecular formula is C31H37ClN2O4. The van der Waals surface area contributed by atoms with Crippen LogP contribution in [0.15, 0.2) is 78.9 Å². The van der Waals surface area contributed by atoms with Gasteiger partial charge in [-0.05, 0) is 59.9 Å². The minimum absolute atomic E-state index is 0.104. The molecule has 2 amide bonds. The Morgan fingerprint density at radius 2 is 1.63 bits per heavy atom. The van der Waals surface area contributed by atoms with Gasteiger partial charge >= 0.3 is 0 Å². The van der Waals surface area contributed by atoms with Crippen LogP contribution in [0.1, 0.15) is 37.8 Å². The van der Waals surface area contributed by atoms with Crippen molar-refractivity contribution in [3.63, 3.8) is 0 Å². The van der Waals surface area contributed by atoms with E-state index >= 15 is 0 Å². The van der Waals surface area contributed by atoms with E-state index in [0.29, 0.717) is 55.0 Å². The fourth-order valence-electron chi connectivity index (χ4n) is 4.03. The lowest BCUT2D eigenvalue weighted by Crippen LogP contribution is -2.51. The van der Waals surface area contributed by atoms with E-state index in [-0.39, 0.29) is 18.2 Å². The Hall–Kier alpha value is -3.51. The fraction of sp³-hybridized carbons (Fsp3) is 0.355. The first kappa shape index (κ1) is 29.1. The second kappa shape index (κ2) is 15.0. The van der Waals surface area contributed by atoms with Gasteiger partial charge in [0.05, 0.1) is 13.7 Å². The lowest BCUT2D eigenvalue weighted by molar-refractivity contribution is -0.141. The normalized spacial score (nSPS) is 11.6. The summed E-state index contributed by atoms with van der Waals surface area (Å²) in [6, 6.07) is 23.9. The molecule has 0 radical (unpaired) electrons. The van der Waals surface area contributed by atoms with Crippen molar-refractivity contribution in [3.05, 3.63) is 95.0 Å². The molecule has 38 heavy (non-hydrogen) atoms. The maximum atomic E-state index is 13.7. The highest BCUT2D eigenvalue weighted by Crippen LogP contribution is 2.20. The van der Waals surface area contributed by atoms with Crippen molar-refractivity contribution in [2.45, 2.75) is 45.7 Å². The summed E-state index contributed by atoms with van der Waals surface area (Å²) in [5, 5.41) is 3.69. The number of methoxy groups -OCH3 is 1. The predicted octanol–water partition coefficient (Wildman–Crippen LogP) is 5.92. The minimum Gasteiger partial charge on any atom is -0.497 e. The van der Waals surface area contributed by atoms with Crippen LogP contribution in [0, 0.1) is 5.92 Å². The number of rotatable bonds is 14. The van der Waals surface area contributed by atoms with Crippen molar-refractivity contribution in [3.8, 4) is 11.5 Å². The number of carbonyl (C=O) groups excluding carboxylic acids is 2. The molecule has 3 aromatic carbocycles. The molecule has 0 spiro atoms. The molecule has 3 rings (SSSR count). The number of amides is 2. The third-order valence-corrected chi connectivity index (χ3v) is 6.31. The van der Waals surface area contributed by atoms with Crippen LogP contribution in [0.2, 0.25) is 5.02 Å². The maximum Gasteiger partial charge on any atom is 0.243 e. The highest BCUT2D eigenvalue weighted by molar-refractivity contribution is 6.30. The van der Waals surface area contributed by atoms with Crippen LogP contribution in [0.4, 0.5) is 0 Å². The van der Waals surface area contributed by atoms with Gasteiger partial charge in [-0.1, -0.05) is 67.9 Å². The van der Waals surface area contributed by atoms with Gasteiger partial charge in [0.1, 0.15) is 17.5 Å². The zero-order valence-corrected chi connectivity index (χ0v) is 23.1. The van der Waals surface area contributed by atoms with E-state index in [1.807, 2.05) is 68.4 Å². The second-order valence-corrected chi connectivity index (χ2v) is 10.1. The monoisotopic (exact) mass is 536 g/mol. The summed E-state index contributed by atoms with van der Waals surface area (Å²) < 4.78 is 11.2. The SMILES string of the molecule is COc1cccc(CN(C(=O)CCCOc2ccc(Cl)cc2)[C@H](Cc2ccccc2)C(=O)NCC(C)C)c1. The van der Waals surface area contributed by atoms with Gasteiger partial charge in [-0.15, -0.1) is 0 Å². The van der Waals surface area contributed by atoms with Crippen LogP contribution in [0.5, 0.6) is 11.5 Å². The Labute approximate surface area is 230 Å². The molecule has 0 fully saturated rings. The number of carbonyl (C=O) groups is 2. The van der Waals surface area contributed by atoms with Crippen molar-refractivity contribution >= 4 is 23.4 Å². The van der Waals surface area contributed by atoms with Crippen molar-refractivity contribution in [1.29, 1.82) is 0 Å². The average Bonchev–Trinajstić information content (AvgIpc) is 2.93. The Bertz CT molecular complexity index is 1150. The molecule has 202 valence electrons. The van der Waals surface area contributed by atoms with E-state index in [0.717, 1.165) is 11.1 Å². The molecule has 1 atom stereocenters. The molecule has 0 aliphatic carbocycles. The van der Waals surface area contributed by atoms with Crippen molar-refractivity contribution in [2.24, 2.45) is 5.92 Å². The summed E-state index contributed by atoms with van der Waals surface area (Å²) in [5.74, 6) is 1.44. The van der Waals surface area contributed by atoms with Gasteiger partial charge in [0.25, 0.3) is 0 Å². The van der Waals surface area contributed by atoms with Crippen molar-refractivity contribution in [1.82, 2.24) is 10.2 Å². The molecule has 0 heterocycles. The number of nitrogens with zero attached hydrogens (tertiary/aromatic N) is 1. The van der Waals surface area contributed by atoms with E-state index in [1.54, 1.807) is 36.3 Å². The lowest BCUT2D eigenvalue weighted by atomic mass is 10.0. The van der Waals surface area contributed by atoms with Crippen LogP contribution in [-0.2, 0) is 22.6 Å². The largest absolute Gasteiger partial charge is 0.497 e. The number of halogens is 1. The van der Waals surface area contributed by atoms with E-state index in [1.165, 1.54) is 0 Å². The van der Waals surface area contributed by atoms with E-state index < -0.39 is 6.04 Å². The van der Waals surface area contributed by atoms with Gasteiger partial charge in [0.15, 0.2) is 0 Å². The van der Waals surface area contributed by atoms with E-state index in [9.17, 15) is 9.59 Å².